The highest BCUT2D eigenvalue weighted by Gasteiger charge is 2.10. The molecule has 0 heterocycles. The number of carbonyl (C=O) groups is 2. The van der Waals surface area contributed by atoms with Crippen LogP contribution in [-0.4, -0.2) is 50.4 Å². The Labute approximate surface area is 133 Å². The van der Waals surface area contributed by atoms with Gasteiger partial charge in [-0.15, -0.1) is 0 Å². The lowest BCUT2D eigenvalue weighted by atomic mass is 10.1. The highest BCUT2D eigenvalue weighted by molar-refractivity contribution is 5.99. The number of carbonyl (C=O) groups excluding carboxylic acids is 2. The maximum absolute atomic E-state index is 12.1. The predicted octanol–water partition coefficient (Wildman–Crippen LogP) is 1.75. The van der Waals surface area contributed by atoms with Crippen LogP contribution < -0.4 is 10.6 Å². The molecule has 2 N–H and O–H groups in total. The van der Waals surface area contributed by atoms with Gasteiger partial charge < -0.3 is 15.5 Å². The molecule has 0 unspecified atom stereocenters. The molecule has 0 aliphatic rings. The largest absolute Gasteiger partial charge is 0.352 e. The zero-order chi connectivity index (χ0) is 16.5. The van der Waals surface area contributed by atoms with Crippen molar-refractivity contribution < 1.29 is 9.59 Å². The normalized spacial score (nSPS) is 10.8. The molecular formula is C17H27N3O2. The first-order valence-corrected chi connectivity index (χ1v) is 7.71. The number of hydrogen-bond donors (Lipinski definition) is 2. The fourth-order valence-electron chi connectivity index (χ4n) is 1.90. The molecule has 0 spiro atoms. The van der Waals surface area contributed by atoms with Crippen molar-refractivity contribution in [3.63, 3.8) is 0 Å². The van der Waals surface area contributed by atoms with E-state index in [1.807, 2.05) is 27.9 Å². The Balaban J connectivity index is 2.55. The van der Waals surface area contributed by atoms with Crippen LogP contribution in [0.3, 0.4) is 0 Å². The van der Waals surface area contributed by atoms with Crippen molar-refractivity contribution >= 4 is 11.8 Å². The van der Waals surface area contributed by atoms with E-state index in [1.54, 1.807) is 24.3 Å². The Morgan fingerprint density at radius 2 is 1.68 bits per heavy atom. The van der Waals surface area contributed by atoms with E-state index in [9.17, 15) is 9.59 Å². The molecule has 5 nitrogen and oxygen atoms in total. The molecule has 1 aromatic carbocycles. The van der Waals surface area contributed by atoms with Gasteiger partial charge in [-0.3, -0.25) is 9.59 Å². The van der Waals surface area contributed by atoms with Crippen LogP contribution >= 0.6 is 0 Å². The average molecular weight is 305 g/mol. The van der Waals surface area contributed by atoms with Crippen molar-refractivity contribution in [2.24, 2.45) is 5.92 Å². The minimum Gasteiger partial charge on any atom is -0.352 e. The van der Waals surface area contributed by atoms with Crippen LogP contribution in [0.1, 0.15) is 41.0 Å². The summed E-state index contributed by atoms with van der Waals surface area (Å²) in [6, 6.07) is 6.81. The molecule has 22 heavy (non-hydrogen) atoms. The van der Waals surface area contributed by atoms with Gasteiger partial charge in [0.2, 0.25) is 0 Å². The van der Waals surface area contributed by atoms with Gasteiger partial charge in [0.1, 0.15) is 0 Å². The van der Waals surface area contributed by atoms with Gasteiger partial charge in [0.15, 0.2) is 0 Å². The molecule has 0 aromatic heterocycles. The Hall–Kier alpha value is -1.88. The van der Waals surface area contributed by atoms with Crippen LogP contribution in [-0.2, 0) is 0 Å². The van der Waals surface area contributed by atoms with Crippen molar-refractivity contribution in [3.8, 4) is 0 Å². The SMILES string of the molecule is CC(C)CNC(=O)c1cccc(C(=O)NCCCN(C)C)c1. The number of rotatable bonds is 8. The Bertz CT molecular complexity index is 498. The van der Waals surface area contributed by atoms with E-state index in [0.29, 0.717) is 30.1 Å². The van der Waals surface area contributed by atoms with Crippen LogP contribution in [0.2, 0.25) is 0 Å². The third-order valence-electron chi connectivity index (χ3n) is 3.13. The second kappa shape index (κ2) is 9.20. The van der Waals surface area contributed by atoms with Crippen molar-refractivity contribution in [1.82, 2.24) is 15.5 Å². The fraction of sp³-hybridized carbons (Fsp3) is 0.529. The van der Waals surface area contributed by atoms with Crippen LogP contribution in [0, 0.1) is 5.92 Å². The smallest absolute Gasteiger partial charge is 0.251 e. The number of hydrogen-bond acceptors (Lipinski definition) is 3. The third-order valence-corrected chi connectivity index (χ3v) is 3.13. The fourth-order valence-corrected chi connectivity index (χ4v) is 1.90. The van der Waals surface area contributed by atoms with Crippen LogP contribution in [0.4, 0.5) is 0 Å². The molecule has 0 aliphatic heterocycles. The first-order chi connectivity index (χ1) is 10.4. The van der Waals surface area contributed by atoms with Crippen molar-refractivity contribution in [3.05, 3.63) is 35.4 Å². The highest BCUT2D eigenvalue weighted by Crippen LogP contribution is 2.06. The lowest BCUT2D eigenvalue weighted by Gasteiger charge is -2.11. The Morgan fingerprint density at radius 3 is 2.23 bits per heavy atom. The van der Waals surface area contributed by atoms with Gasteiger partial charge in [0, 0.05) is 24.2 Å². The summed E-state index contributed by atoms with van der Waals surface area (Å²) in [7, 11) is 4.00. The highest BCUT2D eigenvalue weighted by atomic mass is 16.2. The number of benzene rings is 1. The van der Waals surface area contributed by atoms with Crippen molar-refractivity contribution in [2.45, 2.75) is 20.3 Å². The first kappa shape index (κ1) is 18.2. The molecule has 0 bridgehead atoms. The topological polar surface area (TPSA) is 61.4 Å². The molecule has 5 heteroatoms. The van der Waals surface area contributed by atoms with Gasteiger partial charge in [-0.05, 0) is 51.2 Å². The van der Waals surface area contributed by atoms with E-state index in [2.05, 4.69) is 15.5 Å². The van der Waals surface area contributed by atoms with Gasteiger partial charge >= 0.3 is 0 Å². The molecule has 1 rings (SSSR count). The summed E-state index contributed by atoms with van der Waals surface area (Å²) in [4.78, 5) is 26.2. The Morgan fingerprint density at radius 1 is 1.09 bits per heavy atom. The standard InChI is InChI=1S/C17H27N3O2/c1-13(2)12-19-17(22)15-8-5-7-14(11-15)16(21)18-9-6-10-20(3)4/h5,7-8,11,13H,6,9-10,12H2,1-4H3,(H,18,21)(H,19,22). The molecule has 0 fully saturated rings. The molecule has 0 saturated carbocycles. The minimum atomic E-state index is -0.143. The van der Waals surface area contributed by atoms with Gasteiger partial charge in [-0.1, -0.05) is 19.9 Å². The summed E-state index contributed by atoms with van der Waals surface area (Å²) in [5.74, 6) is 0.111. The number of amides is 2. The number of nitrogens with one attached hydrogen (secondary N) is 2. The van der Waals surface area contributed by atoms with Gasteiger partial charge in [-0.25, -0.2) is 0 Å². The van der Waals surface area contributed by atoms with Gasteiger partial charge in [0.25, 0.3) is 11.8 Å². The molecular weight excluding hydrogens is 278 g/mol. The quantitative estimate of drug-likeness (QED) is 0.719. The predicted molar refractivity (Wildman–Crippen MR) is 89.1 cm³/mol. The van der Waals surface area contributed by atoms with Crippen molar-refractivity contribution in [1.29, 1.82) is 0 Å². The molecule has 0 aliphatic carbocycles. The zero-order valence-corrected chi connectivity index (χ0v) is 14.0. The summed E-state index contributed by atoms with van der Waals surface area (Å²) < 4.78 is 0. The van der Waals surface area contributed by atoms with E-state index < -0.39 is 0 Å². The lowest BCUT2D eigenvalue weighted by molar-refractivity contribution is 0.0949. The lowest BCUT2D eigenvalue weighted by Crippen LogP contribution is -2.29. The molecule has 2 amide bonds. The Kier molecular flexibility index (Phi) is 7.60. The van der Waals surface area contributed by atoms with E-state index in [1.165, 1.54) is 0 Å². The zero-order valence-electron chi connectivity index (χ0n) is 14.0. The average Bonchev–Trinajstić information content (AvgIpc) is 2.48. The second-order valence-electron chi connectivity index (χ2n) is 6.10. The number of nitrogens with zero attached hydrogens (tertiary/aromatic N) is 1. The molecule has 0 saturated heterocycles. The van der Waals surface area contributed by atoms with Crippen LogP contribution in [0.25, 0.3) is 0 Å². The summed E-state index contributed by atoms with van der Waals surface area (Å²) >= 11 is 0. The van der Waals surface area contributed by atoms with Crippen molar-refractivity contribution in [2.75, 3.05) is 33.7 Å². The van der Waals surface area contributed by atoms with Gasteiger partial charge in [-0.2, -0.15) is 0 Å². The molecule has 0 atom stereocenters. The maximum atomic E-state index is 12.1. The van der Waals surface area contributed by atoms with E-state index in [-0.39, 0.29) is 11.8 Å². The summed E-state index contributed by atoms with van der Waals surface area (Å²) in [5.41, 5.74) is 1.03. The van der Waals surface area contributed by atoms with Crippen LogP contribution in [0.15, 0.2) is 24.3 Å². The maximum Gasteiger partial charge on any atom is 0.251 e. The summed E-state index contributed by atoms with van der Waals surface area (Å²) in [5, 5.41) is 5.73. The minimum absolute atomic E-state index is 0.141. The van der Waals surface area contributed by atoms with E-state index >= 15 is 0 Å². The molecule has 0 radical (unpaired) electrons. The molecule has 1 aromatic rings. The monoisotopic (exact) mass is 305 g/mol. The first-order valence-electron chi connectivity index (χ1n) is 7.71. The van der Waals surface area contributed by atoms with Gasteiger partial charge in [0.05, 0.1) is 0 Å². The van der Waals surface area contributed by atoms with E-state index in [0.717, 1.165) is 13.0 Å². The summed E-state index contributed by atoms with van der Waals surface area (Å²) in [6.07, 6.45) is 0.896. The van der Waals surface area contributed by atoms with Crippen LogP contribution in [0.5, 0.6) is 0 Å². The van der Waals surface area contributed by atoms with E-state index in [4.69, 9.17) is 0 Å². The third kappa shape index (κ3) is 6.72. The molecule has 122 valence electrons. The second-order valence-corrected chi connectivity index (χ2v) is 6.10. The summed E-state index contributed by atoms with van der Waals surface area (Å²) in [6.45, 7) is 6.26.